The Hall–Kier alpha value is -4.15. The number of benzene rings is 4. The molecule has 4 heteroatoms. The number of aryl methyl sites for hydroxylation is 1. The van der Waals surface area contributed by atoms with Gasteiger partial charge in [-0.15, -0.1) is 11.3 Å². The van der Waals surface area contributed by atoms with Gasteiger partial charge in [0.05, 0.1) is 18.4 Å². The number of nitrogens with zero attached hydrogens (tertiary/aromatic N) is 3. The van der Waals surface area contributed by atoms with Gasteiger partial charge in [0.25, 0.3) is 0 Å². The van der Waals surface area contributed by atoms with E-state index in [0.29, 0.717) is 0 Å². The van der Waals surface area contributed by atoms with Crippen molar-refractivity contribution in [1.29, 1.82) is 0 Å². The Labute approximate surface area is 211 Å². The molecule has 0 amide bonds. The second-order valence-corrected chi connectivity index (χ2v) is 9.62. The van der Waals surface area contributed by atoms with Gasteiger partial charge < -0.3 is 4.90 Å². The van der Waals surface area contributed by atoms with Gasteiger partial charge in [0.2, 0.25) is 0 Å². The van der Waals surface area contributed by atoms with Crippen molar-refractivity contribution in [2.24, 2.45) is 5.10 Å². The summed E-state index contributed by atoms with van der Waals surface area (Å²) in [5.41, 5.74) is 5.49. The third-order valence-electron chi connectivity index (χ3n) is 5.68. The van der Waals surface area contributed by atoms with E-state index in [9.17, 15) is 0 Å². The molecule has 0 aliphatic carbocycles. The van der Waals surface area contributed by atoms with Crippen molar-refractivity contribution in [1.82, 2.24) is 0 Å². The Bertz CT molecular complexity index is 1320. The summed E-state index contributed by atoms with van der Waals surface area (Å²) in [6.07, 6.45) is 1.94. The molecular formula is C31H27N3S. The number of hydrogen-bond acceptors (Lipinski definition) is 4. The summed E-state index contributed by atoms with van der Waals surface area (Å²) in [5, 5.41) is 6.92. The summed E-state index contributed by atoms with van der Waals surface area (Å²) < 4.78 is 0. The van der Waals surface area contributed by atoms with Crippen LogP contribution >= 0.6 is 11.3 Å². The van der Waals surface area contributed by atoms with E-state index in [4.69, 9.17) is 5.10 Å². The van der Waals surface area contributed by atoms with Gasteiger partial charge in [-0.25, -0.2) is 0 Å². The van der Waals surface area contributed by atoms with Crippen molar-refractivity contribution in [2.45, 2.75) is 13.5 Å². The lowest BCUT2D eigenvalue weighted by Gasteiger charge is -2.25. The highest BCUT2D eigenvalue weighted by Gasteiger charge is 2.12. The van der Waals surface area contributed by atoms with E-state index < -0.39 is 0 Å². The Balaban J connectivity index is 1.41. The van der Waals surface area contributed by atoms with Gasteiger partial charge in [-0.2, -0.15) is 5.10 Å². The minimum atomic E-state index is 0.743. The van der Waals surface area contributed by atoms with Crippen molar-refractivity contribution in [2.75, 3.05) is 9.91 Å². The molecule has 1 heterocycles. The van der Waals surface area contributed by atoms with E-state index in [-0.39, 0.29) is 0 Å². The lowest BCUT2D eigenvalue weighted by molar-refractivity contribution is 0.871. The Morgan fingerprint density at radius 1 is 0.600 bits per heavy atom. The number of rotatable bonds is 8. The molecule has 0 bridgehead atoms. The Morgan fingerprint density at radius 2 is 1.11 bits per heavy atom. The quantitative estimate of drug-likeness (QED) is 0.166. The van der Waals surface area contributed by atoms with Crippen molar-refractivity contribution in [3.8, 4) is 0 Å². The summed E-state index contributed by atoms with van der Waals surface area (Å²) in [6, 6.07) is 44.1. The van der Waals surface area contributed by atoms with Gasteiger partial charge in [-0.05, 0) is 73.2 Å². The molecule has 1 aromatic heterocycles. The molecule has 172 valence electrons. The Kier molecular flexibility index (Phi) is 7.02. The molecule has 0 saturated heterocycles. The van der Waals surface area contributed by atoms with Gasteiger partial charge in [0.15, 0.2) is 0 Å². The molecule has 35 heavy (non-hydrogen) atoms. The highest BCUT2D eigenvalue weighted by atomic mass is 32.1. The standard InChI is InChI=1S/C31H27N3S/c1-25-17-22-31(35-25)24-33(27-11-5-2-6-12-27)32-23-26-18-20-30(21-19-26)34(28-13-7-3-8-14-28)29-15-9-4-10-16-29/h2-23H,24H2,1H3/b32-23-. The zero-order valence-corrected chi connectivity index (χ0v) is 20.5. The van der Waals surface area contributed by atoms with Gasteiger partial charge in [-0.3, -0.25) is 5.01 Å². The fourth-order valence-electron chi connectivity index (χ4n) is 3.96. The predicted octanol–water partition coefficient (Wildman–Crippen LogP) is 8.57. The molecule has 0 spiro atoms. The summed E-state index contributed by atoms with van der Waals surface area (Å²) >= 11 is 1.81. The predicted molar refractivity (Wildman–Crippen MR) is 150 cm³/mol. The van der Waals surface area contributed by atoms with Crippen molar-refractivity contribution in [3.63, 3.8) is 0 Å². The third kappa shape index (κ3) is 5.68. The van der Waals surface area contributed by atoms with Crippen LogP contribution in [-0.2, 0) is 6.54 Å². The maximum absolute atomic E-state index is 4.86. The lowest BCUT2D eigenvalue weighted by atomic mass is 10.1. The number of hydrogen-bond donors (Lipinski definition) is 0. The van der Waals surface area contributed by atoms with Crippen molar-refractivity contribution in [3.05, 3.63) is 143 Å². The average Bonchev–Trinajstić information content (AvgIpc) is 3.34. The van der Waals surface area contributed by atoms with Crippen LogP contribution in [0.25, 0.3) is 0 Å². The van der Waals surface area contributed by atoms with Crippen LogP contribution in [0.2, 0.25) is 0 Å². The molecule has 5 rings (SSSR count). The van der Waals surface area contributed by atoms with Crippen LogP contribution in [0.5, 0.6) is 0 Å². The minimum Gasteiger partial charge on any atom is -0.311 e. The van der Waals surface area contributed by atoms with Gasteiger partial charge in [0.1, 0.15) is 0 Å². The van der Waals surface area contributed by atoms with E-state index >= 15 is 0 Å². The first-order valence-electron chi connectivity index (χ1n) is 11.7. The molecule has 0 aliphatic rings. The number of thiophene rings is 1. The van der Waals surface area contributed by atoms with E-state index in [1.165, 1.54) is 9.75 Å². The minimum absolute atomic E-state index is 0.743. The largest absolute Gasteiger partial charge is 0.311 e. The summed E-state index contributed by atoms with van der Waals surface area (Å²) in [7, 11) is 0. The summed E-state index contributed by atoms with van der Waals surface area (Å²) in [6.45, 7) is 2.88. The first-order chi connectivity index (χ1) is 17.3. The van der Waals surface area contributed by atoms with Gasteiger partial charge >= 0.3 is 0 Å². The van der Waals surface area contributed by atoms with Crippen LogP contribution in [0.1, 0.15) is 15.3 Å². The molecule has 0 atom stereocenters. The number of para-hydroxylation sites is 3. The van der Waals surface area contributed by atoms with Crippen LogP contribution in [0.4, 0.5) is 22.7 Å². The SMILES string of the molecule is Cc1ccc(CN(/N=C\c2ccc(N(c3ccccc3)c3ccccc3)cc2)c2ccccc2)s1. The van der Waals surface area contributed by atoms with Crippen LogP contribution in [0.15, 0.2) is 132 Å². The van der Waals surface area contributed by atoms with Crippen LogP contribution in [0, 0.1) is 6.92 Å². The van der Waals surface area contributed by atoms with E-state index in [1.54, 1.807) is 0 Å². The summed E-state index contributed by atoms with van der Waals surface area (Å²) in [5.74, 6) is 0. The molecule has 0 saturated carbocycles. The average molecular weight is 474 g/mol. The molecule has 0 fully saturated rings. The van der Waals surface area contributed by atoms with E-state index in [2.05, 4.69) is 114 Å². The second kappa shape index (κ2) is 10.9. The summed E-state index contributed by atoms with van der Waals surface area (Å²) in [4.78, 5) is 4.87. The molecule has 0 radical (unpaired) electrons. The zero-order valence-electron chi connectivity index (χ0n) is 19.7. The molecule has 3 nitrogen and oxygen atoms in total. The normalized spacial score (nSPS) is 11.0. The highest BCUT2D eigenvalue weighted by Crippen LogP contribution is 2.34. The van der Waals surface area contributed by atoms with Gasteiger partial charge in [-0.1, -0.05) is 66.7 Å². The Morgan fingerprint density at radius 3 is 1.63 bits per heavy atom. The van der Waals surface area contributed by atoms with Crippen molar-refractivity contribution >= 4 is 40.3 Å². The molecule has 0 aliphatic heterocycles. The number of hydrazone groups is 1. The first kappa shape index (κ1) is 22.6. The van der Waals surface area contributed by atoms with Gasteiger partial charge in [0, 0.05) is 26.8 Å². The zero-order chi connectivity index (χ0) is 23.9. The topological polar surface area (TPSA) is 18.8 Å². The smallest absolute Gasteiger partial charge is 0.0759 e. The molecule has 0 unspecified atom stereocenters. The third-order valence-corrected chi connectivity index (χ3v) is 6.67. The van der Waals surface area contributed by atoms with Crippen molar-refractivity contribution < 1.29 is 0 Å². The fraction of sp³-hybridized carbons (Fsp3) is 0.0645. The molecule has 5 aromatic rings. The second-order valence-electron chi connectivity index (χ2n) is 8.25. The maximum Gasteiger partial charge on any atom is 0.0759 e. The lowest BCUT2D eigenvalue weighted by Crippen LogP contribution is -2.15. The van der Waals surface area contributed by atoms with E-state index in [1.807, 2.05) is 47.9 Å². The monoisotopic (exact) mass is 473 g/mol. The van der Waals surface area contributed by atoms with E-state index in [0.717, 1.165) is 34.9 Å². The van der Waals surface area contributed by atoms with Crippen LogP contribution in [-0.4, -0.2) is 6.21 Å². The molecular weight excluding hydrogens is 446 g/mol. The highest BCUT2D eigenvalue weighted by molar-refractivity contribution is 7.11. The first-order valence-corrected chi connectivity index (χ1v) is 12.5. The van der Waals surface area contributed by atoms with Crippen LogP contribution in [0.3, 0.4) is 0 Å². The molecule has 0 N–H and O–H groups in total. The molecule has 4 aromatic carbocycles. The number of anilines is 4. The van der Waals surface area contributed by atoms with Crippen LogP contribution < -0.4 is 9.91 Å². The maximum atomic E-state index is 4.86. The fourth-order valence-corrected chi connectivity index (χ4v) is 4.84.